The highest BCUT2D eigenvalue weighted by molar-refractivity contribution is 6.28. The third-order valence-corrected chi connectivity index (χ3v) is 3.12. The highest BCUT2D eigenvalue weighted by Gasteiger charge is 2.29. The average Bonchev–Trinajstić information content (AvgIpc) is 2.27. The smallest absolute Gasteiger partial charge is 0.200 e. The second-order valence-electron chi connectivity index (χ2n) is 4.21. The predicted molar refractivity (Wildman–Crippen MR) is 64.1 cm³/mol. The van der Waals surface area contributed by atoms with Gasteiger partial charge in [-0.1, -0.05) is 24.6 Å². The molecule has 17 heavy (non-hydrogen) atoms. The maximum atomic E-state index is 12.2. The van der Waals surface area contributed by atoms with Gasteiger partial charge in [0, 0.05) is 0 Å². The lowest BCUT2D eigenvalue weighted by Gasteiger charge is -2.20. The topological polar surface area (TPSA) is 54.4 Å². The van der Waals surface area contributed by atoms with E-state index in [4.69, 9.17) is 0 Å². The van der Waals surface area contributed by atoms with Crippen molar-refractivity contribution >= 4 is 11.6 Å². The summed E-state index contributed by atoms with van der Waals surface area (Å²) in [6.45, 7) is 3.33. The monoisotopic (exact) mass is 230 g/mol. The van der Waals surface area contributed by atoms with Gasteiger partial charge < -0.3 is 5.11 Å². The van der Waals surface area contributed by atoms with Crippen LogP contribution in [0.3, 0.4) is 0 Å². The first kappa shape index (κ1) is 11.6. The second-order valence-corrected chi connectivity index (χ2v) is 4.21. The van der Waals surface area contributed by atoms with Gasteiger partial charge in [0.25, 0.3) is 0 Å². The van der Waals surface area contributed by atoms with E-state index in [9.17, 15) is 14.7 Å². The number of fused-ring (bicyclic) bond motifs is 1. The van der Waals surface area contributed by atoms with Crippen molar-refractivity contribution in [1.29, 1.82) is 0 Å². The molecular formula is C14H14O3. The Labute approximate surface area is 99.8 Å². The number of aromatic hydroxyl groups is 1. The molecule has 0 aliphatic heterocycles. The van der Waals surface area contributed by atoms with Crippen molar-refractivity contribution in [1.82, 2.24) is 0 Å². The number of Topliss-reactive ketones (excluding diaryl/α,β-unsaturated/α-hetero) is 2. The molecule has 0 radical (unpaired) electrons. The molecule has 0 saturated carbocycles. The fraction of sp³-hybridized carbons (Fsp3) is 0.286. The molecule has 1 aromatic carbocycles. The normalized spacial score (nSPS) is 14.8. The van der Waals surface area contributed by atoms with Crippen molar-refractivity contribution < 1.29 is 14.7 Å². The Bertz CT molecular complexity index is 538. The quantitative estimate of drug-likeness (QED) is 0.794. The Hall–Kier alpha value is -1.90. The Balaban J connectivity index is 2.64. The van der Waals surface area contributed by atoms with E-state index in [-0.39, 0.29) is 28.5 Å². The van der Waals surface area contributed by atoms with Gasteiger partial charge in [0.2, 0.25) is 5.78 Å². The second kappa shape index (κ2) is 4.17. The van der Waals surface area contributed by atoms with Gasteiger partial charge in [-0.3, -0.25) is 9.59 Å². The average molecular weight is 230 g/mol. The zero-order chi connectivity index (χ0) is 12.6. The number of carbonyl (C=O) groups excluding carboxylic acids is 2. The van der Waals surface area contributed by atoms with Crippen LogP contribution in [0.2, 0.25) is 0 Å². The number of rotatable bonds is 2. The molecule has 0 amide bonds. The number of carbonyl (C=O) groups is 2. The van der Waals surface area contributed by atoms with E-state index in [1.807, 2.05) is 13.0 Å². The van der Waals surface area contributed by atoms with Gasteiger partial charge in [-0.2, -0.15) is 0 Å². The molecule has 0 heterocycles. The fourth-order valence-corrected chi connectivity index (χ4v) is 2.31. The molecule has 0 bridgehead atoms. The van der Waals surface area contributed by atoms with Crippen molar-refractivity contribution in [3.63, 3.8) is 0 Å². The zero-order valence-corrected chi connectivity index (χ0v) is 9.91. The van der Waals surface area contributed by atoms with E-state index in [2.05, 4.69) is 0 Å². The SMILES string of the molecule is CCC1=C(C(C)=O)C(=O)c2c(O)cccc2C1. The molecular weight excluding hydrogens is 216 g/mol. The van der Waals surface area contributed by atoms with E-state index in [1.165, 1.54) is 13.0 Å². The van der Waals surface area contributed by atoms with Crippen LogP contribution in [0.5, 0.6) is 5.75 Å². The van der Waals surface area contributed by atoms with Crippen LogP contribution in [0, 0.1) is 0 Å². The maximum Gasteiger partial charge on any atom is 0.200 e. The summed E-state index contributed by atoms with van der Waals surface area (Å²) < 4.78 is 0. The van der Waals surface area contributed by atoms with Gasteiger partial charge in [0.1, 0.15) is 5.75 Å². The number of hydrogen-bond donors (Lipinski definition) is 1. The standard InChI is InChI=1S/C14H14O3/c1-3-9-7-10-5-4-6-11(16)13(10)14(17)12(9)8(2)15/h4-6,16H,3,7H2,1-2H3. The Morgan fingerprint density at radius 3 is 2.71 bits per heavy atom. The van der Waals surface area contributed by atoms with Gasteiger partial charge in [-0.25, -0.2) is 0 Å². The summed E-state index contributed by atoms with van der Waals surface area (Å²) in [6.07, 6.45) is 1.25. The molecule has 1 aliphatic rings. The van der Waals surface area contributed by atoms with Crippen LogP contribution in [0.4, 0.5) is 0 Å². The van der Waals surface area contributed by atoms with Crippen LogP contribution in [0.15, 0.2) is 29.3 Å². The van der Waals surface area contributed by atoms with Gasteiger partial charge in [0.05, 0.1) is 11.1 Å². The Morgan fingerprint density at radius 2 is 2.12 bits per heavy atom. The minimum Gasteiger partial charge on any atom is -0.507 e. The van der Waals surface area contributed by atoms with E-state index < -0.39 is 0 Å². The molecule has 1 N–H and O–H groups in total. The van der Waals surface area contributed by atoms with Crippen LogP contribution >= 0.6 is 0 Å². The van der Waals surface area contributed by atoms with Crippen LogP contribution < -0.4 is 0 Å². The first-order valence-corrected chi connectivity index (χ1v) is 5.64. The summed E-state index contributed by atoms with van der Waals surface area (Å²) in [7, 11) is 0. The summed E-state index contributed by atoms with van der Waals surface area (Å²) in [5.74, 6) is -0.601. The van der Waals surface area contributed by atoms with E-state index in [0.717, 1.165) is 11.1 Å². The molecule has 3 heteroatoms. The maximum absolute atomic E-state index is 12.2. The van der Waals surface area contributed by atoms with E-state index >= 15 is 0 Å². The summed E-state index contributed by atoms with van der Waals surface area (Å²) in [5, 5.41) is 9.73. The number of benzene rings is 1. The molecule has 1 aliphatic carbocycles. The van der Waals surface area contributed by atoms with Crippen molar-refractivity contribution in [2.45, 2.75) is 26.7 Å². The molecule has 0 aromatic heterocycles. The molecule has 0 spiro atoms. The summed E-state index contributed by atoms with van der Waals surface area (Å²) in [5.41, 5.74) is 2.20. The lowest BCUT2D eigenvalue weighted by atomic mass is 9.82. The molecule has 0 fully saturated rings. The molecule has 0 unspecified atom stereocenters. The van der Waals surface area contributed by atoms with Gasteiger partial charge in [-0.15, -0.1) is 0 Å². The number of hydrogen-bond acceptors (Lipinski definition) is 3. The van der Waals surface area contributed by atoms with Gasteiger partial charge in [0.15, 0.2) is 5.78 Å². The molecule has 0 atom stereocenters. The van der Waals surface area contributed by atoms with E-state index in [0.29, 0.717) is 12.8 Å². The van der Waals surface area contributed by atoms with Crippen molar-refractivity contribution in [2.75, 3.05) is 0 Å². The van der Waals surface area contributed by atoms with Gasteiger partial charge in [-0.05, 0) is 31.4 Å². The summed E-state index contributed by atoms with van der Waals surface area (Å²) in [6, 6.07) is 5.01. The molecule has 1 aromatic rings. The first-order chi connectivity index (χ1) is 8.06. The zero-order valence-electron chi connectivity index (χ0n) is 9.91. The summed E-state index contributed by atoms with van der Waals surface area (Å²) >= 11 is 0. The number of allylic oxidation sites excluding steroid dienone is 2. The highest BCUT2D eigenvalue weighted by Crippen LogP contribution is 2.33. The summed E-state index contributed by atoms with van der Waals surface area (Å²) in [4.78, 5) is 23.7. The highest BCUT2D eigenvalue weighted by atomic mass is 16.3. The third kappa shape index (κ3) is 1.78. The van der Waals surface area contributed by atoms with Crippen LogP contribution in [-0.4, -0.2) is 16.7 Å². The number of phenols is 1. The lowest BCUT2D eigenvalue weighted by Crippen LogP contribution is -2.21. The Morgan fingerprint density at radius 1 is 1.41 bits per heavy atom. The number of ketones is 2. The fourth-order valence-electron chi connectivity index (χ4n) is 2.31. The van der Waals surface area contributed by atoms with Crippen molar-refractivity contribution in [2.24, 2.45) is 0 Å². The van der Waals surface area contributed by atoms with Crippen LogP contribution in [-0.2, 0) is 11.2 Å². The van der Waals surface area contributed by atoms with E-state index in [1.54, 1.807) is 6.07 Å². The third-order valence-electron chi connectivity index (χ3n) is 3.12. The van der Waals surface area contributed by atoms with Crippen LogP contribution in [0.1, 0.15) is 36.2 Å². The molecule has 88 valence electrons. The van der Waals surface area contributed by atoms with Crippen LogP contribution in [0.25, 0.3) is 0 Å². The molecule has 3 nitrogen and oxygen atoms in total. The predicted octanol–water partition coefficient (Wildman–Crippen LogP) is 2.43. The molecule has 2 rings (SSSR count). The van der Waals surface area contributed by atoms with Crippen molar-refractivity contribution in [3.05, 3.63) is 40.5 Å². The number of phenolic OH excluding ortho intramolecular Hbond substituents is 1. The first-order valence-electron chi connectivity index (χ1n) is 5.64. The Kier molecular flexibility index (Phi) is 2.84. The minimum atomic E-state index is -0.339. The van der Waals surface area contributed by atoms with Crippen molar-refractivity contribution in [3.8, 4) is 5.75 Å². The molecule has 0 saturated heterocycles. The van der Waals surface area contributed by atoms with Gasteiger partial charge >= 0.3 is 0 Å². The largest absolute Gasteiger partial charge is 0.507 e. The lowest BCUT2D eigenvalue weighted by molar-refractivity contribution is -0.113. The minimum absolute atomic E-state index is 0.0404.